The Morgan fingerprint density at radius 2 is 1.88 bits per heavy atom. The van der Waals surface area contributed by atoms with Gasteiger partial charge in [0.25, 0.3) is 0 Å². The Kier molecular flexibility index (Phi) is 9.43. The summed E-state index contributed by atoms with van der Waals surface area (Å²) >= 11 is 0. The van der Waals surface area contributed by atoms with Gasteiger partial charge in [-0.05, 0) is 31.7 Å². The first-order valence-corrected chi connectivity index (χ1v) is 6.28. The van der Waals surface area contributed by atoms with Crippen LogP contribution in [0.15, 0.2) is 0 Å². The van der Waals surface area contributed by atoms with Crippen LogP contribution in [0, 0.1) is 5.92 Å². The number of hydrogen-bond donors (Lipinski definition) is 3. The molecular formula is C12H25N3O2. The van der Waals surface area contributed by atoms with Gasteiger partial charge in [0.1, 0.15) is 0 Å². The van der Waals surface area contributed by atoms with E-state index in [2.05, 4.69) is 24.5 Å². The standard InChI is InChI=1S/C12H25N3O2/c1-10(2)6-8-15-12(17)9-14-7-4-3-5-11(13)16/h10,14H,3-9H2,1-2H3,(H2,13,16)(H,15,17). The van der Waals surface area contributed by atoms with Crippen molar-refractivity contribution in [3.05, 3.63) is 0 Å². The second-order valence-corrected chi connectivity index (χ2v) is 4.63. The minimum absolute atomic E-state index is 0.0283. The highest BCUT2D eigenvalue weighted by molar-refractivity contribution is 5.77. The molecule has 100 valence electrons. The Hall–Kier alpha value is -1.10. The van der Waals surface area contributed by atoms with Gasteiger partial charge in [-0.25, -0.2) is 0 Å². The molecule has 0 spiro atoms. The van der Waals surface area contributed by atoms with E-state index in [0.717, 1.165) is 32.4 Å². The molecule has 0 unspecified atom stereocenters. The number of rotatable bonds is 10. The van der Waals surface area contributed by atoms with Crippen LogP contribution in [0.1, 0.15) is 39.5 Å². The molecule has 4 N–H and O–H groups in total. The fourth-order valence-electron chi connectivity index (χ4n) is 1.31. The number of carbonyl (C=O) groups excluding carboxylic acids is 2. The Balaban J connectivity index is 3.24. The molecule has 0 fully saturated rings. The van der Waals surface area contributed by atoms with Crippen molar-refractivity contribution >= 4 is 11.8 Å². The summed E-state index contributed by atoms with van der Waals surface area (Å²) in [4.78, 5) is 21.8. The van der Waals surface area contributed by atoms with E-state index in [4.69, 9.17) is 5.73 Å². The molecule has 0 saturated carbocycles. The van der Waals surface area contributed by atoms with Crippen molar-refractivity contribution in [3.63, 3.8) is 0 Å². The normalized spacial score (nSPS) is 10.5. The molecule has 0 aromatic heterocycles. The van der Waals surface area contributed by atoms with E-state index in [9.17, 15) is 9.59 Å². The second-order valence-electron chi connectivity index (χ2n) is 4.63. The van der Waals surface area contributed by atoms with Gasteiger partial charge in [0.2, 0.25) is 11.8 Å². The van der Waals surface area contributed by atoms with Gasteiger partial charge in [-0.3, -0.25) is 9.59 Å². The molecule has 0 atom stereocenters. The third-order valence-electron chi connectivity index (χ3n) is 2.36. The average Bonchev–Trinajstić information content (AvgIpc) is 2.22. The summed E-state index contributed by atoms with van der Waals surface area (Å²) in [6.07, 6.45) is 3.06. The van der Waals surface area contributed by atoms with E-state index in [1.807, 2.05) is 0 Å². The molecular weight excluding hydrogens is 218 g/mol. The maximum absolute atomic E-state index is 11.3. The lowest BCUT2D eigenvalue weighted by atomic mass is 10.1. The minimum atomic E-state index is -0.267. The molecule has 0 bridgehead atoms. The van der Waals surface area contributed by atoms with Gasteiger partial charge >= 0.3 is 0 Å². The number of carbonyl (C=O) groups is 2. The smallest absolute Gasteiger partial charge is 0.233 e. The van der Waals surface area contributed by atoms with Crippen LogP contribution in [0.4, 0.5) is 0 Å². The maximum atomic E-state index is 11.3. The zero-order valence-electron chi connectivity index (χ0n) is 10.9. The van der Waals surface area contributed by atoms with Gasteiger partial charge in [-0.15, -0.1) is 0 Å². The summed E-state index contributed by atoms with van der Waals surface area (Å²) in [7, 11) is 0. The van der Waals surface area contributed by atoms with Gasteiger partial charge in [0, 0.05) is 13.0 Å². The Morgan fingerprint density at radius 3 is 2.47 bits per heavy atom. The highest BCUT2D eigenvalue weighted by Gasteiger charge is 2.00. The summed E-state index contributed by atoms with van der Waals surface area (Å²) in [5, 5.41) is 5.88. The highest BCUT2D eigenvalue weighted by atomic mass is 16.2. The lowest BCUT2D eigenvalue weighted by Crippen LogP contribution is -2.35. The molecule has 0 aromatic rings. The van der Waals surface area contributed by atoms with Crippen molar-refractivity contribution < 1.29 is 9.59 Å². The molecule has 0 aliphatic rings. The predicted octanol–water partition coefficient (Wildman–Crippen LogP) is 0.394. The summed E-state index contributed by atoms with van der Waals surface area (Å²) in [6, 6.07) is 0. The van der Waals surface area contributed by atoms with E-state index in [1.165, 1.54) is 0 Å². The van der Waals surface area contributed by atoms with Crippen molar-refractivity contribution in [2.75, 3.05) is 19.6 Å². The first kappa shape index (κ1) is 15.9. The monoisotopic (exact) mass is 243 g/mol. The largest absolute Gasteiger partial charge is 0.370 e. The van der Waals surface area contributed by atoms with Crippen LogP contribution in [0.2, 0.25) is 0 Å². The van der Waals surface area contributed by atoms with Crippen LogP contribution in [0.3, 0.4) is 0 Å². The first-order chi connectivity index (χ1) is 8.02. The van der Waals surface area contributed by atoms with Gasteiger partial charge < -0.3 is 16.4 Å². The minimum Gasteiger partial charge on any atom is -0.370 e. The number of nitrogens with two attached hydrogens (primary N) is 1. The summed E-state index contributed by atoms with van der Waals surface area (Å²) in [5.41, 5.74) is 5.01. The van der Waals surface area contributed by atoms with E-state index in [-0.39, 0.29) is 11.8 Å². The number of unbranched alkanes of at least 4 members (excludes halogenated alkanes) is 1. The number of nitrogens with one attached hydrogen (secondary N) is 2. The fourth-order valence-corrected chi connectivity index (χ4v) is 1.31. The van der Waals surface area contributed by atoms with Crippen LogP contribution in [-0.2, 0) is 9.59 Å². The lowest BCUT2D eigenvalue weighted by molar-refractivity contribution is -0.120. The topological polar surface area (TPSA) is 84.2 Å². The van der Waals surface area contributed by atoms with Gasteiger partial charge in [0.15, 0.2) is 0 Å². The Bertz CT molecular complexity index is 230. The third-order valence-corrected chi connectivity index (χ3v) is 2.36. The lowest BCUT2D eigenvalue weighted by Gasteiger charge is -2.07. The Morgan fingerprint density at radius 1 is 1.18 bits per heavy atom. The molecule has 17 heavy (non-hydrogen) atoms. The summed E-state index contributed by atoms with van der Waals surface area (Å²) in [6.45, 7) is 6.08. The third kappa shape index (κ3) is 12.8. The molecule has 0 aliphatic heterocycles. The molecule has 0 aromatic carbocycles. The van der Waals surface area contributed by atoms with Crippen molar-refractivity contribution in [1.29, 1.82) is 0 Å². The molecule has 0 rings (SSSR count). The maximum Gasteiger partial charge on any atom is 0.233 e. The molecule has 0 heterocycles. The van der Waals surface area contributed by atoms with Crippen LogP contribution >= 0.6 is 0 Å². The van der Waals surface area contributed by atoms with Crippen molar-refractivity contribution in [2.45, 2.75) is 39.5 Å². The summed E-state index contributed by atoms with van der Waals surface area (Å²) in [5.74, 6) is 0.369. The highest BCUT2D eigenvalue weighted by Crippen LogP contribution is 1.96. The predicted molar refractivity (Wildman–Crippen MR) is 68.4 cm³/mol. The van der Waals surface area contributed by atoms with E-state index in [1.54, 1.807) is 0 Å². The molecule has 5 nitrogen and oxygen atoms in total. The molecule has 0 radical (unpaired) electrons. The fraction of sp³-hybridized carbons (Fsp3) is 0.833. The zero-order valence-corrected chi connectivity index (χ0v) is 10.9. The molecule has 0 aliphatic carbocycles. The van der Waals surface area contributed by atoms with Gasteiger partial charge in [-0.2, -0.15) is 0 Å². The van der Waals surface area contributed by atoms with Crippen LogP contribution in [-0.4, -0.2) is 31.4 Å². The van der Waals surface area contributed by atoms with Crippen molar-refractivity contribution in [3.8, 4) is 0 Å². The van der Waals surface area contributed by atoms with Crippen LogP contribution in [0.25, 0.3) is 0 Å². The van der Waals surface area contributed by atoms with Crippen LogP contribution in [0.5, 0.6) is 0 Å². The number of amides is 2. The van der Waals surface area contributed by atoms with Crippen molar-refractivity contribution in [2.24, 2.45) is 11.7 Å². The summed E-state index contributed by atoms with van der Waals surface area (Å²) < 4.78 is 0. The zero-order chi connectivity index (χ0) is 13.1. The molecule has 0 saturated heterocycles. The average molecular weight is 243 g/mol. The van der Waals surface area contributed by atoms with E-state index in [0.29, 0.717) is 18.9 Å². The Labute approximate surface area is 104 Å². The van der Waals surface area contributed by atoms with Gasteiger partial charge in [0.05, 0.1) is 6.54 Å². The second kappa shape index (κ2) is 10.1. The van der Waals surface area contributed by atoms with Crippen molar-refractivity contribution in [1.82, 2.24) is 10.6 Å². The van der Waals surface area contributed by atoms with E-state index >= 15 is 0 Å². The SMILES string of the molecule is CC(C)CCNC(=O)CNCCCCC(N)=O. The quantitative estimate of drug-likeness (QED) is 0.485. The first-order valence-electron chi connectivity index (χ1n) is 6.28. The number of hydrogen-bond acceptors (Lipinski definition) is 3. The van der Waals surface area contributed by atoms with E-state index < -0.39 is 0 Å². The molecule has 2 amide bonds. The number of primary amides is 1. The van der Waals surface area contributed by atoms with Crippen LogP contribution < -0.4 is 16.4 Å². The van der Waals surface area contributed by atoms with Gasteiger partial charge in [-0.1, -0.05) is 13.8 Å². The molecule has 5 heteroatoms.